The standard InChI is InChI=1S/C6H6ClNO/c1-6(7)2-4(3-8)5(6)9/h4H,2H2,1H3. The average Bonchev–Trinajstić information content (AvgIpc) is 1.82. The zero-order valence-electron chi connectivity index (χ0n) is 5.02. The van der Waals surface area contributed by atoms with Gasteiger partial charge in [0.05, 0.1) is 6.07 Å². The Morgan fingerprint density at radius 1 is 2.00 bits per heavy atom. The van der Waals surface area contributed by atoms with Crippen LogP contribution in [0.5, 0.6) is 0 Å². The van der Waals surface area contributed by atoms with Crippen molar-refractivity contribution in [3.05, 3.63) is 0 Å². The first-order chi connectivity index (χ1) is 4.08. The molecule has 1 aliphatic carbocycles. The van der Waals surface area contributed by atoms with Gasteiger partial charge in [-0.15, -0.1) is 11.6 Å². The summed E-state index contributed by atoms with van der Waals surface area (Å²) in [6, 6.07) is 1.87. The number of nitrogens with zero attached hydrogens (tertiary/aromatic N) is 1. The lowest BCUT2D eigenvalue weighted by Gasteiger charge is -2.33. The van der Waals surface area contributed by atoms with Crippen LogP contribution in [-0.2, 0) is 4.79 Å². The Morgan fingerprint density at radius 3 is 2.67 bits per heavy atom. The third kappa shape index (κ3) is 0.818. The quantitative estimate of drug-likeness (QED) is 0.477. The first kappa shape index (κ1) is 6.57. The molecule has 48 valence electrons. The highest BCUT2D eigenvalue weighted by atomic mass is 35.5. The van der Waals surface area contributed by atoms with Crippen LogP contribution in [-0.4, -0.2) is 10.7 Å². The molecule has 9 heavy (non-hydrogen) atoms. The van der Waals surface area contributed by atoms with Crippen LogP contribution in [0, 0.1) is 17.2 Å². The number of halogens is 1. The number of carbonyl (C=O) groups is 1. The Morgan fingerprint density at radius 2 is 2.56 bits per heavy atom. The van der Waals surface area contributed by atoms with Gasteiger partial charge in [-0.05, 0) is 13.3 Å². The fraction of sp³-hybridized carbons (Fsp3) is 0.667. The molecule has 2 nitrogen and oxygen atoms in total. The van der Waals surface area contributed by atoms with E-state index in [0.29, 0.717) is 6.42 Å². The molecule has 0 aromatic heterocycles. The summed E-state index contributed by atoms with van der Waals surface area (Å²) in [7, 11) is 0. The van der Waals surface area contributed by atoms with Gasteiger partial charge in [0.1, 0.15) is 10.8 Å². The summed E-state index contributed by atoms with van der Waals surface area (Å²) in [5.41, 5.74) is 0. The minimum atomic E-state index is -0.736. The van der Waals surface area contributed by atoms with Crippen molar-refractivity contribution in [2.45, 2.75) is 18.2 Å². The summed E-state index contributed by atoms with van der Waals surface area (Å²) in [6.07, 6.45) is 0.504. The van der Waals surface area contributed by atoms with E-state index in [9.17, 15) is 4.79 Å². The Kier molecular flexibility index (Phi) is 1.25. The van der Waals surface area contributed by atoms with Crippen molar-refractivity contribution in [1.82, 2.24) is 0 Å². The molecule has 1 aliphatic rings. The second-order valence-corrected chi connectivity index (χ2v) is 3.28. The van der Waals surface area contributed by atoms with Crippen molar-refractivity contribution in [2.24, 2.45) is 5.92 Å². The molecule has 0 amide bonds. The Hall–Kier alpha value is -0.550. The zero-order chi connectivity index (χ0) is 7.07. The number of Topliss-reactive ketones (excluding diaryl/α,β-unsaturated/α-hetero) is 1. The molecule has 1 fully saturated rings. The summed E-state index contributed by atoms with van der Waals surface area (Å²) in [5.74, 6) is -0.570. The largest absolute Gasteiger partial charge is 0.296 e. The van der Waals surface area contributed by atoms with Crippen LogP contribution in [0.4, 0.5) is 0 Å². The minimum absolute atomic E-state index is 0.133. The number of carbonyl (C=O) groups excluding carboxylic acids is 1. The molecule has 2 atom stereocenters. The molecule has 0 heterocycles. The van der Waals surface area contributed by atoms with Crippen LogP contribution in [0.15, 0.2) is 0 Å². The predicted octanol–water partition coefficient (Wildman–Crippen LogP) is 1.10. The van der Waals surface area contributed by atoms with Crippen LogP contribution in [0.3, 0.4) is 0 Å². The van der Waals surface area contributed by atoms with Crippen LogP contribution >= 0.6 is 11.6 Å². The van der Waals surface area contributed by atoms with Gasteiger partial charge in [0.25, 0.3) is 0 Å². The van der Waals surface area contributed by atoms with Gasteiger partial charge in [-0.25, -0.2) is 0 Å². The van der Waals surface area contributed by atoms with E-state index in [2.05, 4.69) is 0 Å². The maximum atomic E-state index is 10.8. The molecule has 0 spiro atoms. The minimum Gasteiger partial charge on any atom is -0.296 e. The smallest absolute Gasteiger partial charge is 0.170 e. The van der Waals surface area contributed by atoms with Gasteiger partial charge in [0.2, 0.25) is 0 Å². The van der Waals surface area contributed by atoms with Crippen molar-refractivity contribution in [1.29, 1.82) is 5.26 Å². The number of hydrogen-bond acceptors (Lipinski definition) is 2. The Balaban J connectivity index is 2.65. The maximum absolute atomic E-state index is 10.8. The second kappa shape index (κ2) is 1.71. The van der Waals surface area contributed by atoms with E-state index in [1.807, 2.05) is 6.07 Å². The molecule has 1 saturated carbocycles. The number of hydrogen-bond donors (Lipinski definition) is 0. The summed E-state index contributed by atoms with van der Waals surface area (Å²) >= 11 is 5.63. The third-order valence-electron chi connectivity index (χ3n) is 1.57. The molecule has 1 rings (SSSR count). The van der Waals surface area contributed by atoms with Crippen LogP contribution in [0.1, 0.15) is 13.3 Å². The number of ketones is 1. The van der Waals surface area contributed by atoms with Gasteiger partial charge in [0, 0.05) is 0 Å². The van der Waals surface area contributed by atoms with Crippen molar-refractivity contribution >= 4 is 17.4 Å². The second-order valence-electron chi connectivity index (χ2n) is 2.45. The summed E-state index contributed by atoms with van der Waals surface area (Å²) in [5, 5.41) is 8.26. The predicted molar refractivity (Wildman–Crippen MR) is 33.0 cm³/mol. The van der Waals surface area contributed by atoms with E-state index in [4.69, 9.17) is 16.9 Å². The summed E-state index contributed by atoms with van der Waals surface area (Å²) in [6.45, 7) is 1.64. The fourth-order valence-electron chi connectivity index (χ4n) is 0.913. The monoisotopic (exact) mass is 143 g/mol. The summed E-state index contributed by atoms with van der Waals surface area (Å²) in [4.78, 5) is 10.0. The molecule has 3 heteroatoms. The van der Waals surface area contributed by atoms with E-state index in [1.54, 1.807) is 6.92 Å². The molecule has 0 saturated heterocycles. The van der Waals surface area contributed by atoms with Crippen LogP contribution in [0.25, 0.3) is 0 Å². The first-order valence-electron chi connectivity index (χ1n) is 2.71. The van der Waals surface area contributed by atoms with Gasteiger partial charge in [0.15, 0.2) is 5.78 Å². The lowest BCUT2D eigenvalue weighted by atomic mass is 9.75. The molecular formula is C6H6ClNO. The van der Waals surface area contributed by atoms with Crippen LogP contribution < -0.4 is 0 Å². The van der Waals surface area contributed by atoms with Crippen molar-refractivity contribution in [2.75, 3.05) is 0 Å². The number of nitriles is 1. The van der Waals surface area contributed by atoms with E-state index in [-0.39, 0.29) is 5.78 Å². The highest BCUT2D eigenvalue weighted by Gasteiger charge is 2.48. The SMILES string of the molecule is CC1(Cl)CC(C#N)C1=O. The maximum Gasteiger partial charge on any atom is 0.170 e. The van der Waals surface area contributed by atoms with Gasteiger partial charge >= 0.3 is 0 Å². The van der Waals surface area contributed by atoms with Gasteiger partial charge in [-0.2, -0.15) is 5.26 Å². The fourth-order valence-corrected chi connectivity index (χ4v) is 1.20. The van der Waals surface area contributed by atoms with Crippen LogP contribution in [0.2, 0.25) is 0 Å². The van der Waals surface area contributed by atoms with Crippen molar-refractivity contribution in [3.63, 3.8) is 0 Å². The average molecular weight is 144 g/mol. The molecule has 0 N–H and O–H groups in total. The van der Waals surface area contributed by atoms with Gasteiger partial charge in [-0.1, -0.05) is 0 Å². The van der Waals surface area contributed by atoms with Gasteiger partial charge in [-0.3, -0.25) is 4.79 Å². The Bertz CT molecular complexity index is 192. The normalized spacial score (nSPS) is 41.4. The Labute approximate surface area is 58.4 Å². The highest BCUT2D eigenvalue weighted by Crippen LogP contribution is 2.38. The third-order valence-corrected chi connectivity index (χ3v) is 1.91. The zero-order valence-corrected chi connectivity index (χ0v) is 5.77. The first-order valence-corrected chi connectivity index (χ1v) is 3.08. The number of alkyl halides is 1. The molecule has 0 bridgehead atoms. The highest BCUT2D eigenvalue weighted by molar-refractivity contribution is 6.38. The lowest BCUT2D eigenvalue weighted by molar-refractivity contribution is -0.130. The summed E-state index contributed by atoms with van der Waals surface area (Å²) < 4.78 is 0. The van der Waals surface area contributed by atoms with Crippen molar-refractivity contribution in [3.8, 4) is 6.07 Å². The molecule has 2 unspecified atom stereocenters. The van der Waals surface area contributed by atoms with Crippen molar-refractivity contribution < 1.29 is 4.79 Å². The van der Waals surface area contributed by atoms with E-state index >= 15 is 0 Å². The van der Waals surface area contributed by atoms with E-state index < -0.39 is 10.8 Å². The number of rotatable bonds is 0. The molecule has 0 aromatic carbocycles. The molecule has 0 radical (unpaired) electrons. The lowest BCUT2D eigenvalue weighted by Crippen LogP contribution is -2.47. The molecule has 0 aromatic rings. The topological polar surface area (TPSA) is 40.9 Å². The molecule has 0 aliphatic heterocycles. The van der Waals surface area contributed by atoms with E-state index in [0.717, 1.165) is 0 Å². The van der Waals surface area contributed by atoms with Gasteiger partial charge < -0.3 is 0 Å². The van der Waals surface area contributed by atoms with E-state index in [1.165, 1.54) is 0 Å². The molecular weight excluding hydrogens is 138 g/mol.